The standard InChI is InChI=1S/C14H18N4O5S/c1-4-6-15-13(20)16-11-10-8(7-9(24-10)12(19)23-3)18(5-2,17-11)14(21)22/h7H,4-6H2,1-3H3,(H2-,15,16,17,20,21,22)/p+1. The Labute approximate surface area is 142 Å². The number of esters is 1. The van der Waals surface area contributed by atoms with Gasteiger partial charge >= 0.3 is 18.1 Å². The molecular weight excluding hydrogens is 336 g/mol. The summed E-state index contributed by atoms with van der Waals surface area (Å²) in [6.07, 6.45) is -0.431. The zero-order valence-electron chi connectivity index (χ0n) is 13.6. The van der Waals surface area contributed by atoms with Crippen molar-refractivity contribution in [1.29, 1.82) is 0 Å². The van der Waals surface area contributed by atoms with Crippen molar-refractivity contribution in [2.24, 2.45) is 5.10 Å². The summed E-state index contributed by atoms with van der Waals surface area (Å²) in [5, 5.41) is 19.0. The van der Waals surface area contributed by atoms with Crippen LogP contribution in [0.2, 0.25) is 0 Å². The summed E-state index contributed by atoms with van der Waals surface area (Å²) in [7, 11) is 1.25. The van der Waals surface area contributed by atoms with E-state index >= 15 is 0 Å². The smallest absolute Gasteiger partial charge is 0.465 e. The molecule has 0 saturated heterocycles. The number of thiophene rings is 1. The van der Waals surface area contributed by atoms with Crippen molar-refractivity contribution < 1.29 is 24.2 Å². The lowest BCUT2D eigenvalue weighted by Crippen LogP contribution is -2.47. The Kier molecular flexibility index (Phi) is 5.20. The highest BCUT2D eigenvalue weighted by molar-refractivity contribution is 7.16. The Morgan fingerprint density at radius 1 is 1.38 bits per heavy atom. The van der Waals surface area contributed by atoms with Gasteiger partial charge in [-0.2, -0.15) is 4.79 Å². The van der Waals surface area contributed by atoms with E-state index in [-0.39, 0.29) is 17.3 Å². The van der Waals surface area contributed by atoms with E-state index in [0.29, 0.717) is 17.1 Å². The highest BCUT2D eigenvalue weighted by atomic mass is 32.1. The summed E-state index contributed by atoms with van der Waals surface area (Å²) in [6.45, 7) is 4.19. The lowest BCUT2D eigenvalue weighted by Gasteiger charge is -2.19. The molecule has 2 rings (SSSR count). The van der Waals surface area contributed by atoms with E-state index in [9.17, 15) is 19.5 Å². The summed E-state index contributed by atoms with van der Waals surface area (Å²) in [5.74, 6) is -0.438. The van der Waals surface area contributed by atoms with Gasteiger partial charge < -0.3 is 15.2 Å². The van der Waals surface area contributed by atoms with Gasteiger partial charge in [0.1, 0.15) is 16.3 Å². The van der Waals surface area contributed by atoms with Crippen LogP contribution in [-0.2, 0) is 4.74 Å². The third-order valence-corrected chi connectivity index (χ3v) is 4.64. The Balaban J connectivity index is 2.44. The molecule has 3 amide bonds. The Bertz CT molecular complexity index is 714. The number of quaternary nitrogens is 1. The molecule has 1 aromatic rings. The van der Waals surface area contributed by atoms with Gasteiger partial charge in [-0.15, -0.1) is 11.3 Å². The molecule has 0 spiro atoms. The van der Waals surface area contributed by atoms with Gasteiger partial charge in [-0.25, -0.2) is 9.59 Å². The SMILES string of the molecule is CCCNC(=O)NC1=N[N+](CC)(C(=O)O)c2cc(C(=O)OC)sc21. The van der Waals surface area contributed by atoms with Gasteiger partial charge in [-0.3, -0.25) is 5.32 Å². The molecule has 0 saturated carbocycles. The maximum atomic E-state index is 11.9. The monoisotopic (exact) mass is 355 g/mol. The van der Waals surface area contributed by atoms with Crippen LogP contribution in [0.3, 0.4) is 0 Å². The van der Waals surface area contributed by atoms with Crippen LogP contribution >= 0.6 is 11.3 Å². The number of rotatable bonds is 4. The summed E-state index contributed by atoms with van der Waals surface area (Å²) >= 11 is 1.04. The molecule has 0 aromatic carbocycles. The summed E-state index contributed by atoms with van der Waals surface area (Å²) < 4.78 is 3.95. The van der Waals surface area contributed by atoms with Crippen molar-refractivity contribution in [2.45, 2.75) is 20.3 Å². The van der Waals surface area contributed by atoms with Crippen molar-refractivity contribution in [3.05, 3.63) is 15.8 Å². The third kappa shape index (κ3) is 2.97. The molecule has 1 aliphatic rings. The number of amides is 3. The topological polar surface area (TPSA) is 117 Å². The minimum absolute atomic E-state index is 0.126. The number of carboxylic acid groups (broad SMARTS) is 1. The Hall–Kier alpha value is -2.46. The highest BCUT2D eigenvalue weighted by Gasteiger charge is 2.50. The molecule has 0 radical (unpaired) electrons. The van der Waals surface area contributed by atoms with Crippen molar-refractivity contribution in [2.75, 3.05) is 20.2 Å². The van der Waals surface area contributed by atoms with Crippen LogP contribution in [0.25, 0.3) is 0 Å². The molecule has 10 heteroatoms. The van der Waals surface area contributed by atoms with Gasteiger partial charge in [-0.05, 0) is 18.4 Å². The van der Waals surface area contributed by atoms with Gasteiger partial charge in [-0.1, -0.05) is 11.5 Å². The molecule has 0 bridgehead atoms. The molecular formula is C14H19N4O5S+. The number of amidine groups is 1. The van der Waals surface area contributed by atoms with E-state index < -0.39 is 22.7 Å². The zero-order valence-corrected chi connectivity index (χ0v) is 14.4. The first-order valence-corrected chi connectivity index (χ1v) is 8.21. The first-order chi connectivity index (χ1) is 11.4. The largest absolute Gasteiger partial charge is 0.546 e. The van der Waals surface area contributed by atoms with Gasteiger partial charge in [0.2, 0.25) is 5.84 Å². The molecule has 3 N–H and O–H groups in total. The van der Waals surface area contributed by atoms with E-state index in [1.54, 1.807) is 6.92 Å². The van der Waals surface area contributed by atoms with Crippen LogP contribution in [-0.4, -0.2) is 49.2 Å². The molecule has 1 aromatic heterocycles. The van der Waals surface area contributed by atoms with Crippen molar-refractivity contribution in [1.82, 2.24) is 15.2 Å². The zero-order chi connectivity index (χ0) is 17.9. The number of nitrogens with zero attached hydrogens (tertiary/aromatic N) is 2. The molecule has 0 fully saturated rings. The van der Waals surface area contributed by atoms with Crippen LogP contribution in [0, 0.1) is 0 Å². The number of carbonyl (C=O) groups excluding carboxylic acids is 2. The second kappa shape index (κ2) is 6.97. The molecule has 9 nitrogen and oxygen atoms in total. The van der Waals surface area contributed by atoms with Crippen molar-refractivity contribution >= 4 is 41.0 Å². The maximum absolute atomic E-state index is 11.9. The first-order valence-electron chi connectivity index (χ1n) is 7.39. The number of hydrogen-bond donors (Lipinski definition) is 3. The molecule has 130 valence electrons. The van der Waals surface area contributed by atoms with E-state index in [1.165, 1.54) is 13.2 Å². The molecule has 1 atom stereocenters. The predicted molar refractivity (Wildman–Crippen MR) is 89.4 cm³/mol. The fraction of sp³-hybridized carbons (Fsp3) is 0.429. The average molecular weight is 355 g/mol. The molecule has 1 aliphatic heterocycles. The number of fused-ring (bicyclic) bond motifs is 1. The minimum atomic E-state index is -1.20. The number of carbonyl (C=O) groups is 3. The Morgan fingerprint density at radius 3 is 2.62 bits per heavy atom. The fourth-order valence-electron chi connectivity index (χ4n) is 2.29. The maximum Gasteiger partial charge on any atom is 0.546 e. The number of ether oxygens (including phenoxy) is 1. The molecule has 24 heavy (non-hydrogen) atoms. The number of urea groups is 1. The lowest BCUT2D eigenvalue weighted by atomic mass is 10.3. The molecule has 1 unspecified atom stereocenters. The third-order valence-electron chi connectivity index (χ3n) is 3.52. The second-order valence-corrected chi connectivity index (χ2v) is 6.07. The predicted octanol–water partition coefficient (Wildman–Crippen LogP) is 1.92. The van der Waals surface area contributed by atoms with Crippen molar-refractivity contribution in [3.63, 3.8) is 0 Å². The number of methoxy groups -OCH3 is 1. The lowest BCUT2D eigenvalue weighted by molar-refractivity contribution is 0.0606. The van der Waals surface area contributed by atoms with Crippen LogP contribution in [0.4, 0.5) is 15.3 Å². The second-order valence-electron chi connectivity index (χ2n) is 5.01. The first kappa shape index (κ1) is 17.9. The van der Waals surface area contributed by atoms with Crippen LogP contribution in [0.1, 0.15) is 34.8 Å². The van der Waals surface area contributed by atoms with E-state index in [0.717, 1.165) is 17.8 Å². The van der Waals surface area contributed by atoms with Crippen LogP contribution in [0.5, 0.6) is 0 Å². The van der Waals surface area contributed by atoms with Gasteiger partial charge in [0.05, 0.1) is 7.11 Å². The Morgan fingerprint density at radius 2 is 2.08 bits per heavy atom. The summed E-state index contributed by atoms with van der Waals surface area (Å²) in [5.41, 5.74) is 0.334. The summed E-state index contributed by atoms with van der Waals surface area (Å²) in [4.78, 5) is 36.1. The molecule has 0 aliphatic carbocycles. The normalized spacial score (nSPS) is 18.5. The van der Waals surface area contributed by atoms with Crippen molar-refractivity contribution in [3.8, 4) is 0 Å². The fourth-order valence-corrected chi connectivity index (χ4v) is 3.35. The van der Waals surface area contributed by atoms with Gasteiger partial charge in [0, 0.05) is 12.6 Å². The average Bonchev–Trinajstić information content (AvgIpc) is 3.11. The quantitative estimate of drug-likeness (QED) is 0.563. The number of nitrogens with one attached hydrogen (secondary N) is 2. The summed E-state index contributed by atoms with van der Waals surface area (Å²) in [6, 6.07) is 0.974. The van der Waals surface area contributed by atoms with Crippen LogP contribution < -0.4 is 15.2 Å². The van der Waals surface area contributed by atoms with E-state index in [2.05, 4.69) is 20.5 Å². The van der Waals surface area contributed by atoms with Gasteiger partial charge in [0.25, 0.3) is 0 Å². The van der Waals surface area contributed by atoms with E-state index in [1.807, 2.05) is 6.92 Å². The minimum Gasteiger partial charge on any atom is -0.465 e. The highest BCUT2D eigenvalue weighted by Crippen LogP contribution is 2.40. The molecule has 2 heterocycles. The van der Waals surface area contributed by atoms with Crippen LogP contribution in [0.15, 0.2) is 11.2 Å². The van der Waals surface area contributed by atoms with E-state index in [4.69, 9.17) is 0 Å². The number of hydrogen-bond acceptors (Lipinski definition) is 6. The van der Waals surface area contributed by atoms with Gasteiger partial charge in [0.15, 0.2) is 5.69 Å².